The van der Waals surface area contributed by atoms with Gasteiger partial charge in [0.15, 0.2) is 17.3 Å². The van der Waals surface area contributed by atoms with Crippen LogP contribution in [0.25, 0.3) is 0 Å². The average Bonchev–Trinajstić information content (AvgIpc) is 2.94. The zero-order chi connectivity index (χ0) is 29.0. The molecule has 2 aromatic rings. The van der Waals surface area contributed by atoms with Crippen molar-refractivity contribution in [2.45, 2.75) is 38.5 Å². The number of nitro benzene ring substituents is 1. The van der Waals surface area contributed by atoms with E-state index in [4.69, 9.17) is 30.5 Å². The number of ether oxygens (including phenoxy) is 4. The molecule has 1 aliphatic heterocycles. The second-order valence-electron chi connectivity index (χ2n) is 9.43. The number of rotatable bonds is 10. The molecule has 2 atom stereocenters. The van der Waals surface area contributed by atoms with E-state index in [9.17, 15) is 19.7 Å². The number of Topliss-reactive ketones (excluding diaryl/α,β-unsaturated/α-hetero) is 1. The molecule has 0 saturated heterocycles. The average molecular weight is 571 g/mol. The minimum Gasteiger partial charge on any atom is -0.493 e. The van der Waals surface area contributed by atoms with Gasteiger partial charge in [-0.25, -0.2) is 4.79 Å². The van der Waals surface area contributed by atoms with Gasteiger partial charge in [0, 0.05) is 42.0 Å². The highest BCUT2D eigenvalue weighted by molar-refractivity contribution is 6.32. The molecule has 1 heterocycles. The first-order valence-corrected chi connectivity index (χ1v) is 13.2. The number of hydrogen-bond acceptors (Lipinski definition) is 9. The third-order valence-corrected chi connectivity index (χ3v) is 7.41. The number of carbonyl (C=O) groups excluding carboxylic acids is 2. The molecule has 11 heteroatoms. The van der Waals surface area contributed by atoms with E-state index in [-0.39, 0.29) is 47.6 Å². The molecule has 0 bridgehead atoms. The van der Waals surface area contributed by atoms with E-state index in [0.717, 1.165) is 5.56 Å². The van der Waals surface area contributed by atoms with Gasteiger partial charge in [0.1, 0.15) is 11.6 Å². The zero-order valence-electron chi connectivity index (χ0n) is 22.7. The van der Waals surface area contributed by atoms with Gasteiger partial charge >= 0.3 is 5.97 Å². The highest BCUT2D eigenvalue weighted by atomic mass is 35.5. The number of esters is 1. The van der Waals surface area contributed by atoms with E-state index in [2.05, 4.69) is 5.32 Å². The van der Waals surface area contributed by atoms with Crippen LogP contribution in [0, 0.1) is 10.1 Å². The van der Waals surface area contributed by atoms with Gasteiger partial charge in [-0.2, -0.15) is 0 Å². The lowest BCUT2D eigenvalue weighted by Crippen LogP contribution is -2.36. The number of methoxy groups -OCH3 is 2. The van der Waals surface area contributed by atoms with Gasteiger partial charge in [0.2, 0.25) is 0 Å². The number of nitrogens with one attached hydrogen (secondary N) is 1. The van der Waals surface area contributed by atoms with E-state index < -0.39 is 16.8 Å². The van der Waals surface area contributed by atoms with Crippen molar-refractivity contribution in [3.63, 3.8) is 0 Å². The Hall–Kier alpha value is -3.89. The number of carbonyl (C=O) groups is 2. The number of allylic oxidation sites excluding steroid dienone is 3. The fourth-order valence-electron chi connectivity index (χ4n) is 5.25. The molecule has 0 spiro atoms. The topological polar surface area (TPSA) is 126 Å². The molecular formula is C29H31ClN2O8. The highest BCUT2D eigenvalue weighted by Gasteiger charge is 2.42. The Morgan fingerprint density at radius 3 is 2.48 bits per heavy atom. The SMILES string of the molecule is CCOCCOC(=O)C1=C(C)NC2=C(C(=O)CC(c3ccc(OC)c(OC)c3)C2)C1c1ccc(Cl)c([N+](=O)[O-])c1. The molecule has 0 aromatic heterocycles. The molecule has 10 nitrogen and oxygen atoms in total. The Bertz CT molecular complexity index is 1400. The maximum Gasteiger partial charge on any atom is 0.336 e. The highest BCUT2D eigenvalue weighted by Crippen LogP contribution is 2.47. The van der Waals surface area contributed by atoms with Crippen molar-refractivity contribution < 1.29 is 33.5 Å². The number of benzene rings is 2. The van der Waals surface area contributed by atoms with E-state index in [1.807, 2.05) is 19.1 Å². The summed E-state index contributed by atoms with van der Waals surface area (Å²) in [4.78, 5) is 38.3. The second kappa shape index (κ2) is 12.5. The van der Waals surface area contributed by atoms with Crippen LogP contribution in [0.3, 0.4) is 0 Å². The second-order valence-corrected chi connectivity index (χ2v) is 9.84. The van der Waals surface area contributed by atoms with Crippen LogP contribution in [0.2, 0.25) is 5.02 Å². The van der Waals surface area contributed by atoms with Gasteiger partial charge in [-0.1, -0.05) is 23.7 Å². The molecular weight excluding hydrogens is 540 g/mol. The van der Waals surface area contributed by atoms with Crippen LogP contribution in [0.4, 0.5) is 5.69 Å². The van der Waals surface area contributed by atoms with Crippen molar-refractivity contribution >= 4 is 29.0 Å². The summed E-state index contributed by atoms with van der Waals surface area (Å²) in [6.45, 7) is 4.28. The van der Waals surface area contributed by atoms with Crippen LogP contribution in [0.1, 0.15) is 49.7 Å². The summed E-state index contributed by atoms with van der Waals surface area (Å²) >= 11 is 6.09. The summed E-state index contributed by atoms with van der Waals surface area (Å²) in [5.41, 5.74) is 2.75. The monoisotopic (exact) mass is 570 g/mol. The number of nitrogens with zero attached hydrogens (tertiary/aromatic N) is 1. The van der Waals surface area contributed by atoms with E-state index in [0.29, 0.717) is 47.1 Å². The summed E-state index contributed by atoms with van der Waals surface area (Å²) in [5, 5.41) is 14.9. The van der Waals surface area contributed by atoms with Crippen molar-refractivity contribution in [1.82, 2.24) is 5.32 Å². The molecule has 2 aliphatic rings. The Balaban J connectivity index is 1.77. The quantitative estimate of drug-likeness (QED) is 0.177. The summed E-state index contributed by atoms with van der Waals surface area (Å²) in [6.07, 6.45) is 0.653. The first kappa shape index (κ1) is 29.1. The van der Waals surface area contributed by atoms with Crippen LogP contribution in [0.15, 0.2) is 58.9 Å². The van der Waals surface area contributed by atoms with Crippen molar-refractivity contribution in [3.05, 3.63) is 85.2 Å². The van der Waals surface area contributed by atoms with Crippen LogP contribution in [0.5, 0.6) is 11.5 Å². The molecule has 1 aliphatic carbocycles. The Morgan fingerprint density at radius 2 is 1.80 bits per heavy atom. The van der Waals surface area contributed by atoms with E-state index in [1.165, 1.54) is 12.1 Å². The predicted molar refractivity (Wildman–Crippen MR) is 148 cm³/mol. The number of dihydropyridines is 1. The predicted octanol–water partition coefficient (Wildman–Crippen LogP) is 5.21. The van der Waals surface area contributed by atoms with Gasteiger partial charge < -0.3 is 24.3 Å². The smallest absolute Gasteiger partial charge is 0.336 e. The molecule has 2 unspecified atom stereocenters. The summed E-state index contributed by atoms with van der Waals surface area (Å²) in [6, 6.07) is 9.88. The minimum absolute atomic E-state index is 0.0260. The Labute approximate surface area is 237 Å². The van der Waals surface area contributed by atoms with E-state index >= 15 is 0 Å². The minimum atomic E-state index is -0.870. The Kier molecular flexibility index (Phi) is 9.11. The van der Waals surface area contributed by atoms with Gasteiger partial charge in [-0.3, -0.25) is 14.9 Å². The van der Waals surface area contributed by atoms with Gasteiger partial charge in [0.05, 0.1) is 31.3 Å². The molecule has 4 rings (SSSR count). The van der Waals surface area contributed by atoms with Crippen LogP contribution < -0.4 is 14.8 Å². The summed E-state index contributed by atoms with van der Waals surface area (Å²) in [5.74, 6) is -0.697. The first-order chi connectivity index (χ1) is 19.2. The van der Waals surface area contributed by atoms with Crippen LogP contribution >= 0.6 is 11.6 Å². The van der Waals surface area contributed by atoms with Crippen LogP contribution in [-0.4, -0.2) is 50.7 Å². The third-order valence-electron chi connectivity index (χ3n) is 7.09. The van der Waals surface area contributed by atoms with E-state index in [1.54, 1.807) is 33.3 Å². The fraction of sp³-hybridized carbons (Fsp3) is 0.379. The maximum absolute atomic E-state index is 13.8. The molecule has 0 saturated carbocycles. The van der Waals surface area contributed by atoms with Crippen molar-refractivity contribution in [2.24, 2.45) is 0 Å². The van der Waals surface area contributed by atoms with Crippen molar-refractivity contribution in [1.29, 1.82) is 0 Å². The number of ketones is 1. The summed E-state index contributed by atoms with van der Waals surface area (Å²) < 4.78 is 21.5. The first-order valence-electron chi connectivity index (χ1n) is 12.8. The maximum atomic E-state index is 13.8. The molecule has 2 aromatic carbocycles. The lowest BCUT2D eigenvalue weighted by Gasteiger charge is -2.36. The lowest BCUT2D eigenvalue weighted by atomic mass is 9.71. The molecule has 0 fully saturated rings. The van der Waals surface area contributed by atoms with Gasteiger partial charge in [-0.15, -0.1) is 0 Å². The molecule has 0 radical (unpaired) electrons. The molecule has 40 heavy (non-hydrogen) atoms. The van der Waals surface area contributed by atoms with Gasteiger partial charge in [-0.05, 0) is 55.5 Å². The normalized spacial score (nSPS) is 18.7. The number of hydrogen-bond donors (Lipinski definition) is 1. The lowest BCUT2D eigenvalue weighted by molar-refractivity contribution is -0.384. The van der Waals surface area contributed by atoms with Gasteiger partial charge in [0.25, 0.3) is 5.69 Å². The zero-order valence-corrected chi connectivity index (χ0v) is 23.5. The molecule has 212 valence electrons. The Morgan fingerprint density at radius 1 is 1.07 bits per heavy atom. The number of nitro groups is 1. The van der Waals surface area contributed by atoms with Crippen molar-refractivity contribution in [2.75, 3.05) is 34.0 Å². The standard InChI is InChI=1S/C29H31ClN2O8/c1-5-39-10-11-40-29(34)26-16(2)31-21-12-19(17-7-9-24(37-3)25(15-17)38-4)14-23(33)28(21)27(26)18-6-8-20(30)22(13-18)32(35)36/h6-9,13,15,19,27,31H,5,10-12,14H2,1-4H3. The van der Waals surface area contributed by atoms with Crippen LogP contribution in [-0.2, 0) is 19.1 Å². The third kappa shape index (κ3) is 5.83. The number of halogens is 1. The molecule has 1 N–H and O–H groups in total. The largest absolute Gasteiger partial charge is 0.493 e. The molecule has 0 amide bonds. The fourth-order valence-corrected chi connectivity index (χ4v) is 5.44. The summed E-state index contributed by atoms with van der Waals surface area (Å²) in [7, 11) is 3.11. The van der Waals surface area contributed by atoms with Crippen molar-refractivity contribution in [3.8, 4) is 11.5 Å².